The van der Waals surface area contributed by atoms with Crippen LogP contribution in [-0.2, 0) is 29.2 Å². The van der Waals surface area contributed by atoms with Crippen LogP contribution in [0.5, 0.6) is 17.2 Å². The third-order valence-corrected chi connectivity index (χ3v) is 12.5. The van der Waals surface area contributed by atoms with Gasteiger partial charge in [-0.25, -0.2) is 4.39 Å². The summed E-state index contributed by atoms with van der Waals surface area (Å²) in [5, 5.41) is 12.9. The number of nitrogens with one attached hydrogen (secondary N) is 1. The number of hydrogen-bond acceptors (Lipinski definition) is 9. The van der Waals surface area contributed by atoms with Crippen LogP contribution in [0.25, 0.3) is 11.1 Å². The normalized spacial score (nSPS) is 21.2. The van der Waals surface area contributed by atoms with Crippen LogP contribution >= 0.6 is 23.2 Å². The van der Waals surface area contributed by atoms with Gasteiger partial charge in [-0.3, -0.25) is 24.8 Å². The van der Waals surface area contributed by atoms with Crippen molar-refractivity contribution in [1.29, 1.82) is 5.26 Å². The van der Waals surface area contributed by atoms with E-state index in [9.17, 15) is 19.2 Å². The molecule has 1 aromatic heterocycles. The van der Waals surface area contributed by atoms with Gasteiger partial charge in [0.1, 0.15) is 42.2 Å². The zero-order chi connectivity index (χ0) is 40.2. The molecule has 13 heteroatoms. The Hall–Kier alpha value is -4.73. The van der Waals surface area contributed by atoms with Gasteiger partial charge in [-0.2, -0.15) is 5.26 Å². The highest BCUT2D eigenvalue weighted by Gasteiger charge is 2.49. The van der Waals surface area contributed by atoms with Crippen molar-refractivity contribution in [2.45, 2.75) is 76.8 Å². The molecule has 1 unspecified atom stereocenters. The predicted molar refractivity (Wildman–Crippen MR) is 219 cm³/mol. The van der Waals surface area contributed by atoms with Crippen molar-refractivity contribution in [1.82, 2.24) is 20.1 Å². The number of halogens is 3. The van der Waals surface area contributed by atoms with Gasteiger partial charge in [-0.15, -0.1) is 0 Å². The molecule has 4 aromatic rings. The number of nitrogens with zero attached hydrogens (tertiary/aromatic N) is 4. The van der Waals surface area contributed by atoms with Gasteiger partial charge in [0.05, 0.1) is 27.6 Å². The third-order valence-electron chi connectivity index (χ3n) is 11.8. The summed E-state index contributed by atoms with van der Waals surface area (Å²) in [6, 6.07) is 19.6. The van der Waals surface area contributed by atoms with E-state index in [2.05, 4.69) is 38.3 Å². The fourth-order valence-electron chi connectivity index (χ4n) is 8.91. The number of likely N-dealkylation sites (tertiary alicyclic amines) is 2. The van der Waals surface area contributed by atoms with E-state index in [0.29, 0.717) is 71.8 Å². The molecule has 302 valence electrons. The van der Waals surface area contributed by atoms with Crippen LogP contribution in [0.3, 0.4) is 0 Å². The highest BCUT2D eigenvalue weighted by molar-refractivity contribution is 6.35. The number of carbonyl (C=O) groups is 2. The number of alkyl halides is 1. The fraction of sp³-hybridized carbons (Fsp3) is 0.422. The van der Waals surface area contributed by atoms with E-state index in [0.717, 1.165) is 85.2 Å². The minimum Gasteiger partial charge on any atom is -0.492 e. The molecule has 8 rings (SSSR count). The van der Waals surface area contributed by atoms with Crippen LogP contribution in [-0.4, -0.2) is 72.1 Å². The van der Waals surface area contributed by atoms with Crippen LogP contribution < -0.4 is 19.5 Å². The molecule has 4 aliphatic rings. The van der Waals surface area contributed by atoms with Gasteiger partial charge >= 0.3 is 0 Å². The molecule has 10 nitrogen and oxygen atoms in total. The summed E-state index contributed by atoms with van der Waals surface area (Å²) in [5.41, 5.74) is 5.41. The first-order chi connectivity index (χ1) is 28.2. The van der Waals surface area contributed by atoms with E-state index in [4.69, 9.17) is 37.4 Å². The van der Waals surface area contributed by atoms with E-state index in [1.807, 2.05) is 36.4 Å². The van der Waals surface area contributed by atoms with E-state index in [-0.39, 0.29) is 30.9 Å². The lowest BCUT2D eigenvalue weighted by atomic mass is 9.78. The number of aromatic nitrogens is 1. The first-order valence-electron chi connectivity index (χ1n) is 20.1. The molecule has 1 N–H and O–H groups in total. The summed E-state index contributed by atoms with van der Waals surface area (Å²) >= 11 is 14.0. The number of imide groups is 1. The maximum Gasteiger partial charge on any atom is 0.234 e. The Morgan fingerprint density at radius 3 is 2.59 bits per heavy atom. The van der Waals surface area contributed by atoms with Gasteiger partial charge in [0.2, 0.25) is 11.8 Å². The van der Waals surface area contributed by atoms with E-state index >= 15 is 0 Å². The number of nitriles is 1. The molecular weight excluding hydrogens is 780 g/mol. The van der Waals surface area contributed by atoms with Crippen molar-refractivity contribution < 1.29 is 28.2 Å². The average Bonchev–Trinajstić information content (AvgIpc) is 3.76. The second-order valence-electron chi connectivity index (χ2n) is 15.9. The molecule has 4 heterocycles. The predicted octanol–water partition coefficient (Wildman–Crippen LogP) is 8.40. The van der Waals surface area contributed by atoms with Gasteiger partial charge in [-0.05, 0) is 86.4 Å². The van der Waals surface area contributed by atoms with Crippen molar-refractivity contribution in [2.24, 2.45) is 5.41 Å². The fourth-order valence-corrected chi connectivity index (χ4v) is 9.42. The molecule has 2 atom stereocenters. The van der Waals surface area contributed by atoms with Crippen LogP contribution in [0.15, 0.2) is 67.0 Å². The Bertz CT molecular complexity index is 2230. The topological polar surface area (TPSA) is 117 Å². The van der Waals surface area contributed by atoms with Crippen molar-refractivity contribution in [3.8, 4) is 34.4 Å². The third kappa shape index (κ3) is 8.81. The van der Waals surface area contributed by atoms with E-state index in [1.54, 1.807) is 12.3 Å². The molecule has 0 radical (unpaired) electrons. The first kappa shape index (κ1) is 40.1. The Morgan fingerprint density at radius 2 is 1.78 bits per heavy atom. The number of benzene rings is 3. The average molecular weight is 827 g/mol. The molecule has 3 aliphatic heterocycles. The first-order valence-corrected chi connectivity index (χ1v) is 20.9. The zero-order valence-electron chi connectivity index (χ0n) is 32.3. The molecule has 1 spiro atoms. The maximum absolute atomic E-state index is 13.5. The molecule has 0 saturated carbocycles. The highest BCUT2D eigenvalue weighted by Crippen LogP contribution is 2.46. The number of carbonyl (C=O) groups excluding carboxylic acids is 2. The summed E-state index contributed by atoms with van der Waals surface area (Å²) in [4.78, 5) is 33.7. The number of hydrogen-bond donors (Lipinski definition) is 1. The van der Waals surface area contributed by atoms with Gasteiger partial charge in [0, 0.05) is 74.3 Å². The zero-order valence-corrected chi connectivity index (χ0v) is 33.8. The summed E-state index contributed by atoms with van der Waals surface area (Å²) in [7, 11) is 0. The van der Waals surface area contributed by atoms with Crippen molar-refractivity contribution in [3.05, 3.63) is 105 Å². The van der Waals surface area contributed by atoms with Crippen molar-refractivity contribution in [3.63, 3.8) is 0 Å². The van der Waals surface area contributed by atoms with Crippen LogP contribution in [0.2, 0.25) is 10.0 Å². The number of ether oxygens (including phenoxy) is 3. The van der Waals surface area contributed by atoms with Crippen molar-refractivity contribution in [2.75, 3.05) is 39.3 Å². The Balaban J connectivity index is 0.999. The molecule has 58 heavy (non-hydrogen) atoms. The number of pyridine rings is 1. The number of rotatable bonds is 13. The lowest BCUT2D eigenvalue weighted by molar-refractivity contribution is -0.131. The van der Waals surface area contributed by atoms with Crippen LogP contribution in [0.4, 0.5) is 4.39 Å². The second kappa shape index (κ2) is 17.6. The van der Waals surface area contributed by atoms with Crippen LogP contribution in [0, 0.1) is 16.7 Å². The number of fused-ring (bicyclic) bond motifs is 1. The minimum absolute atomic E-state index is 0.163. The molecule has 3 aromatic carbocycles. The van der Waals surface area contributed by atoms with Gasteiger partial charge in [0.15, 0.2) is 0 Å². The molecule has 3 fully saturated rings. The summed E-state index contributed by atoms with van der Waals surface area (Å²) in [5.74, 6) is 1.25. The standard InChI is InChI=1S/C45H46Cl2FN5O5/c46-37-20-31(26-53-14-3-13-45(28-53)22-42(54)51-44(45)55)40(57-27-30-19-29(23-49)24-50-25-30)21-41(37)58-38-10-9-34-33(5-1-6-35(34)38)36-7-2-8-39(43(36)47)56-18-4-15-52-16-11-32(48)12-17-52/h1-2,5-8,19-21,24-25,32,38H,3-4,9-18,22,26-28H2,(H,51,54,55)/t38-,45?/m0/s1. The lowest BCUT2D eigenvalue weighted by Crippen LogP contribution is -2.46. The second-order valence-corrected chi connectivity index (χ2v) is 16.7. The quantitative estimate of drug-likeness (QED) is 0.105. The molecule has 1 aliphatic carbocycles. The lowest BCUT2D eigenvalue weighted by Gasteiger charge is -2.38. The van der Waals surface area contributed by atoms with Gasteiger partial charge in [-0.1, -0.05) is 53.5 Å². The summed E-state index contributed by atoms with van der Waals surface area (Å²) < 4.78 is 32.9. The molecular formula is C45H46Cl2FN5O5. The molecule has 3 saturated heterocycles. The SMILES string of the molecule is N#Cc1cncc(COc2cc(O[C@H]3CCc4c(-c5cccc(OCCCN6CCC(F)CC6)c5Cl)cccc43)c(Cl)cc2CN2CCCC3(CC(=O)NC3=O)C2)c1. The van der Waals surface area contributed by atoms with Crippen molar-refractivity contribution >= 4 is 35.0 Å². The largest absolute Gasteiger partial charge is 0.492 e. The van der Waals surface area contributed by atoms with Crippen LogP contribution in [0.1, 0.15) is 78.9 Å². The van der Waals surface area contributed by atoms with Gasteiger partial charge in [0.25, 0.3) is 0 Å². The molecule has 0 bridgehead atoms. The van der Waals surface area contributed by atoms with E-state index < -0.39 is 11.6 Å². The Labute approximate surface area is 348 Å². The van der Waals surface area contributed by atoms with Gasteiger partial charge < -0.3 is 19.1 Å². The smallest absolute Gasteiger partial charge is 0.234 e. The highest BCUT2D eigenvalue weighted by atomic mass is 35.5. The monoisotopic (exact) mass is 825 g/mol. The summed E-state index contributed by atoms with van der Waals surface area (Å²) in [6.45, 7) is 4.79. The van der Waals surface area contributed by atoms with E-state index in [1.165, 1.54) is 6.20 Å². The molecule has 2 amide bonds. The number of amides is 2. The maximum atomic E-state index is 13.5. The summed E-state index contributed by atoms with van der Waals surface area (Å²) in [6.07, 6.45) is 7.41. The minimum atomic E-state index is -0.726. The Morgan fingerprint density at radius 1 is 0.948 bits per heavy atom. The Kier molecular flexibility index (Phi) is 12.2. The number of piperidine rings is 2.